The standard InChI is InChI=1S/C22H25N3O2S.ClH/c1-28-19-9-7-17(8-10-19)21-20(27-22(26)23-21)11-12-24-13-15-25(16-14-24)18-5-3-2-4-6-18;/h2-10H,11-16H2,1H3,(H,23,26);1H. The third kappa shape index (κ3) is 5.26. The van der Waals surface area contributed by atoms with Crippen molar-refractivity contribution >= 4 is 29.9 Å². The Bertz CT molecular complexity index is 948. The summed E-state index contributed by atoms with van der Waals surface area (Å²) in [7, 11) is 0. The van der Waals surface area contributed by atoms with Crippen LogP contribution in [-0.4, -0.2) is 48.9 Å². The van der Waals surface area contributed by atoms with Crippen LogP contribution in [0.3, 0.4) is 0 Å². The number of piperazine rings is 1. The van der Waals surface area contributed by atoms with E-state index >= 15 is 0 Å². The lowest BCUT2D eigenvalue weighted by Gasteiger charge is -2.36. The van der Waals surface area contributed by atoms with Gasteiger partial charge in [0, 0.05) is 55.3 Å². The molecule has 1 aliphatic rings. The van der Waals surface area contributed by atoms with E-state index in [1.54, 1.807) is 11.8 Å². The number of halogens is 1. The number of hydrogen-bond donors (Lipinski definition) is 1. The van der Waals surface area contributed by atoms with E-state index in [9.17, 15) is 4.79 Å². The summed E-state index contributed by atoms with van der Waals surface area (Å²) in [5, 5.41) is 0. The summed E-state index contributed by atoms with van der Waals surface area (Å²) >= 11 is 1.70. The second-order valence-corrected chi connectivity index (χ2v) is 7.84. The molecule has 0 radical (unpaired) electrons. The third-order valence-electron chi connectivity index (χ3n) is 5.25. The molecule has 0 unspecified atom stereocenters. The highest BCUT2D eigenvalue weighted by atomic mass is 35.5. The van der Waals surface area contributed by atoms with Gasteiger partial charge in [0.15, 0.2) is 0 Å². The van der Waals surface area contributed by atoms with Crippen molar-refractivity contribution in [3.8, 4) is 11.3 Å². The first-order valence-electron chi connectivity index (χ1n) is 9.62. The molecule has 3 aromatic rings. The molecule has 0 spiro atoms. The van der Waals surface area contributed by atoms with Gasteiger partial charge in [-0.25, -0.2) is 4.79 Å². The van der Waals surface area contributed by atoms with Gasteiger partial charge in [-0.1, -0.05) is 30.3 Å². The molecule has 0 saturated carbocycles. The maximum Gasteiger partial charge on any atom is 0.416 e. The molecule has 1 N–H and O–H groups in total. The highest BCUT2D eigenvalue weighted by Crippen LogP contribution is 2.24. The number of anilines is 1. The monoisotopic (exact) mass is 431 g/mol. The third-order valence-corrected chi connectivity index (χ3v) is 5.99. The zero-order valence-corrected chi connectivity index (χ0v) is 18.1. The SMILES string of the molecule is CSc1ccc(-c2[nH]c(=O)oc2CCN2CCN(c3ccccc3)CC2)cc1.Cl. The Morgan fingerprint density at radius 2 is 1.69 bits per heavy atom. The highest BCUT2D eigenvalue weighted by Gasteiger charge is 2.19. The molecule has 154 valence electrons. The first-order chi connectivity index (χ1) is 13.7. The van der Waals surface area contributed by atoms with Crippen molar-refractivity contribution in [3.05, 3.63) is 70.9 Å². The van der Waals surface area contributed by atoms with Gasteiger partial charge in [-0.05, 0) is 30.5 Å². The summed E-state index contributed by atoms with van der Waals surface area (Å²) in [4.78, 5) is 20.7. The zero-order chi connectivity index (χ0) is 19.3. The van der Waals surface area contributed by atoms with E-state index in [2.05, 4.69) is 63.5 Å². The second-order valence-electron chi connectivity index (χ2n) is 6.96. The van der Waals surface area contributed by atoms with Crippen LogP contribution >= 0.6 is 24.2 Å². The van der Waals surface area contributed by atoms with E-state index in [0.717, 1.165) is 56.2 Å². The van der Waals surface area contributed by atoms with E-state index in [-0.39, 0.29) is 18.2 Å². The molecule has 1 saturated heterocycles. The molecule has 4 rings (SSSR count). The summed E-state index contributed by atoms with van der Waals surface area (Å²) < 4.78 is 5.45. The molecule has 1 aliphatic heterocycles. The van der Waals surface area contributed by atoms with Crippen LogP contribution in [0.5, 0.6) is 0 Å². The van der Waals surface area contributed by atoms with Gasteiger partial charge in [-0.3, -0.25) is 9.88 Å². The quantitative estimate of drug-likeness (QED) is 0.594. The number of para-hydroxylation sites is 1. The maximum absolute atomic E-state index is 11.8. The van der Waals surface area contributed by atoms with Gasteiger partial charge < -0.3 is 9.32 Å². The Morgan fingerprint density at radius 3 is 2.34 bits per heavy atom. The van der Waals surface area contributed by atoms with Crippen LogP contribution in [0.4, 0.5) is 5.69 Å². The van der Waals surface area contributed by atoms with Crippen molar-refractivity contribution < 1.29 is 4.42 Å². The van der Waals surface area contributed by atoms with Crippen molar-refractivity contribution in [2.45, 2.75) is 11.3 Å². The predicted octanol–water partition coefficient (Wildman–Crippen LogP) is 4.14. The lowest BCUT2D eigenvalue weighted by atomic mass is 10.1. The number of benzene rings is 2. The molecule has 29 heavy (non-hydrogen) atoms. The Kier molecular flexibility index (Phi) is 7.47. The van der Waals surface area contributed by atoms with E-state index in [1.807, 2.05) is 12.1 Å². The lowest BCUT2D eigenvalue weighted by Crippen LogP contribution is -2.47. The minimum atomic E-state index is -0.382. The van der Waals surface area contributed by atoms with Crippen LogP contribution < -0.4 is 10.7 Å². The number of oxazole rings is 1. The molecule has 0 aliphatic carbocycles. The number of thioether (sulfide) groups is 1. The normalized spacial score (nSPS) is 14.6. The topological polar surface area (TPSA) is 52.5 Å². The first-order valence-corrected chi connectivity index (χ1v) is 10.8. The highest BCUT2D eigenvalue weighted by molar-refractivity contribution is 7.98. The summed E-state index contributed by atoms with van der Waals surface area (Å²) in [5.41, 5.74) is 3.09. The molecule has 0 amide bonds. The fourth-order valence-corrected chi connectivity index (χ4v) is 4.06. The van der Waals surface area contributed by atoms with Crippen molar-refractivity contribution in [3.63, 3.8) is 0 Å². The van der Waals surface area contributed by atoms with Gasteiger partial charge >= 0.3 is 5.76 Å². The fraction of sp³-hybridized carbons (Fsp3) is 0.318. The van der Waals surface area contributed by atoms with Crippen LogP contribution in [0, 0.1) is 0 Å². The number of H-pyrrole nitrogens is 1. The first kappa shape index (κ1) is 21.6. The number of hydrogen-bond acceptors (Lipinski definition) is 5. The summed E-state index contributed by atoms with van der Waals surface area (Å²) in [6.07, 6.45) is 2.78. The number of aromatic nitrogens is 1. The minimum absolute atomic E-state index is 0. The summed E-state index contributed by atoms with van der Waals surface area (Å²) in [6, 6.07) is 18.8. The molecule has 7 heteroatoms. The molecule has 5 nitrogen and oxygen atoms in total. The molecule has 2 heterocycles. The van der Waals surface area contributed by atoms with Crippen LogP contribution in [0.2, 0.25) is 0 Å². The summed E-state index contributed by atoms with van der Waals surface area (Å²) in [6.45, 7) is 4.95. The summed E-state index contributed by atoms with van der Waals surface area (Å²) in [5.74, 6) is 0.361. The average molecular weight is 432 g/mol. The van der Waals surface area contributed by atoms with Crippen LogP contribution in [0.15, 0.2) is 68.7 Å². The van der Waals surface area contributed by atoms with E-state index in [0.29, 0.717) is 0 Å². The van der Waals surface area contributed by atoms with E-state index in [4.69, 9.17) is 4.42 Å². The Labute approximate surface area is 181 Å². The van der Waals surface area contributed by atoms with Gasteiger partial charge in [0.2, 0.25) is 0 Å². The Hall–Kier alpha value is -2.15. The van der Waals surface area contributed by atoms with Gasteiger partial charge in [0.1, 0.15) is 5.76 Å². The molecule has 0 bridgehead atoms. The van der Waals surface area contributed by atoms with E-state index < -0.39 is 0 Å². The average Bonchev–Trinajstić information content (AvgIpc) is 3.14. The predicted molar refractivity (Wildman–Crippen MR) is 123 cm³/mol. The maximum atomic E-state index is 11.8. The molecular weight excluding hydrogens is 406 g/mol. The van der Waals surface area contributed by atoms with Crippen LogP contribution in [-0.2, 0) is 6.42 Å². The lowest BCUT2D eigenvalue weighted by molar-refractivity contribution is 0.254. The van der Waals surface area contributed by atoms with Crippen molar-refractivity contribution in [2.75, 3.05) is 43.9 Å². The fourth-order valence-electron chi connectivity index (χ4n) is 3.66. The largest absolute Gasteiger partial charge is 0.416 e. The Morgan fingerprint density at radius 1 is 1.00 bits per heavy atom. The van der Waals surface area contributed by atoms with Crippen molar-refractivity contribution in [1.29, 1.82) is 0 Å². The number of aromatic amines is 1. The number of nitrogens with zero attached hydrogens (tertiary/aromatic N) is 2. The molecule has 1 fully saturated rings. The van der Waals surface area contributed by atoms with Gasteiger partial charge in [-0.15, -0.1) is 24.2 Å². The van der Waals surface area contributed by atoms with E-state index in [1.165, 1.54) is 10.6 Å². The zero-order valence-electron chi connectivity index (χ0n) is 16.5. The van der Waals surface area contributed by atoms with Crippen LogP contribution in [0.1, 0.15) is 5.76 Å². The van der Waals surface area contributed by atoms with Crippen LogP contribution in [0.25, 0.3) is 11.3 Å². The molecule has 1 aromatic heterocycles. The number of nitrogens with one attached hydrogen (secondary N) is 1. The smallest absolute Gasteiger partial charge is 0.412 e. The Balaban J connectivity index is 0.00000240. The molecule has 2 aromatic carbocycles. The minimum Gasteiger partial charge on any atom is -0.412 e. The van der Waals surface area contributed by atoms with Gasteiger partial charge in [0.25, 0.3) is 0 Å². The van der Waals surface area contributed by atoms with Gasteiger partial charge in [0.05, 0.1) is 5.69 Å². The van der Waals surface area contributed by atoms with Crippen molar-refractivity contribution in [2.24, 2.45) is 0 Å². The molecular formula is C22H26ClN3O2S. The van der Waals surface area contributed by atoms with Gasteiger partial charge in [-0.2, -0.15) is 0 Å². The second kappa shape index (κ2) is 10.1. The number of rotatable bonds is 6. The van der Waals surface area contributed by atoms with Crippen molar-refractivity contribution in [1.82, 2.24) is 9.88 Å². The molecule has 0 atom stereocenters.